The second kappa shape index (κ2) is 20.2. The van der Waals surface area contributed by atoms with E-state index >= 15 is 0 Å². The molecule has 1 aliphatic carbocycles. The molecule has 0 saturated carbocycles. The Labute approximate surface area is 389 Å². The predicted molar refractivity (Wildman–Crippen MR) is 248 cm³/mol. The average molecular weight is 907 g/mol. The summed E-state index contributed by atoms with van der Waals surface area (Å²) < 4.78 is 1.42. The summed E-state index contributed by atoms with van der Waals surface area (Å²) in [6.45, 7) is 26.8. The van der Waals surface area contributed by atoms with Crippen molar-refractivity contribution in [3.05, 3.63) is 206 Å². The molecule has 0 amide bonds. The van der Waals surface area contributed by atoms with E-state index in [4.69, 9.17) is 0 Å². The van der Waals surface area contributed by atoms with Crippen LogP contribution in [-0.4, -0.2) is 3.21 Å². The first kappa shape index (κ1) is 48.7. The molecule has 0 nitrogen and oxygen atoms in total. The van der Waals surface area contributed by atoms with Crippen LogP contribution in [0.25, 0.3) is 33.4 Å². The molecule has 3 heteroatoms. The first-order chi connectivity index (χ1) is 27.4. The van der Waals surface area contributed by atoms with Crippen LogP contribution in [0.4, 0.5) is 0 Å². The maximum Gasteiger partial charge on any atom is -1.00 e. The Balaban J connectivity index is 0.000000244. The number of hydrogen-bond donors (Lipinski definition) is 0. The number of rotatable bonds is 4. The molecule has 0 bridgehead atoms. The van der Waals surface area contributed by atoms with Crippen LogP contribution in [0, 0.1) is 47.6 Å². The molecule has 0 N–H and O–H groups in total. The minimum Gasteiger partial charge on any atom is -1.00 e. The van der Waals surface area contributed by atoms with Crippen LogP contribution >= 0.6 is 0 Å². The van der Waals surface area contributed by atoms with Crippen LogP contribution in [0.2, 0.25) is 0 Å². The van der Waals surface area contributed by atoms with Gasteiger partial charge in [-0.3, -0.25) is 0 Å². The van der Waals surface area contributed by atoms with Crippen molar-refractivity contribution >= 4 is 3.21 Å². The number of aryl methyl sites for hydroxylation is 4. The Kier molecular flexibility index (Phi) is 16.4. The van der Waals surface area contributed by atoms with Crippen LogP contribution in [0.1, 0.15) is 108 Å². The topological polar surface area (TPSA) is 0 Å². The Hall–Kier alpha value is -4.00. The Morgan fingerprint density at radius 3 is 1.45 bits per heavy atom. The summed E-state index contributed by atoms with van der Waals surface area (Å²) in [4.78, 5) is 0. The third kappa shape index (κ3) is 11.3. The van der Waals surface area contributed by atoms with Crippen LogP contribution in [0.15, 0.2) is 133 Å². The fourth-order valence-corrected chi connectivity index (χ4v) is 8.66. The molecule has 7 aromatic rings. The van der Waals surface area contributed by atoms with Gasteiger partial charge in [0.1, 0.15) is 0 Å². The van der Waals surface area contributed by atoms with Crippen LogP contribution < -0.4 is 24.8 Å². The maximum absolute atomic E-state index is 3.88. The number of benzene rings is 6. The quantitative estimate of drug-likeness (QED) is 0.155. The normalized spacial score (nSPS) is 11.4. The second-order valence-electron chi connectivity index (χ2n) is 18.3. The first-order valence-corrected chi connectivity index (χ1v) is 22.0. The fraction of sp³-hybridized carbons (Fsp3) is 0.263. The smallest absolute Gasteiger partial charge is 1.00 e. The number of fused-ring (bicyclic) bond motifs is 3. The van der Waals surface area contributed by atoms with E-state index in [0.717, 1.165) is 6.42 Å². The van der Waals surface area contributed by atoms with Gasteiger partial charge in [-0.05, 0) is 39.5 Å². The summed E-state index contributed by atoms with van der Waals surface area (Å²) in [5.74, 6) is 0. The molecular formula is C57H60Cl2Zr-2. The summed E-state index contributed by atoms with van der Waals surface area (Å²) in [6.07, 6.45) is 0.944. The molecule has 7 aromatic carbocycles. The monoisotopic (exact) mass is 904 g/mol. The molecule has 0 spiro atoms. The maximum atomic E-state index is 3.88. The van der Waals surface area contributed by atoms with Gasteiger partial charge in [0.15, 0.2) is 0 Å². The fourth-order valence-electron chi connectivity index (χ4n) is 7.84. The summed E-state index contributed by atoms with van der Waals surface area (Å²) >= 11 is 1.46. The van der Waals surface area contributed by atoms with Gasteiger partial charge < -0.3 is 24.8 Å². The molecule has 0 heterocycles. The van der Waals surface area contributed by atoms with E-state index < -0.39 is 0 Å². The molecule has 0 saturated heterocycles. The van der Waals surface area contributed by atoms with Gasteiger partial charge in [-0.1, -0.05) is 159 Å². The molecule has 0 radical (unpaired) electrons. The van der Waals surface area contributed by atoms with E-state index in [-0.39, 0.29) is 35.6 Å². The van der Waals surface area contributed by atoms with Gasteiger partial charge in [-0.25, -0.2) is 0 Å². The van der Waals surface area contributed by atoms with E-state index in [0.29, 0.717) is 0 Å². The first-order valence-electron chi connectivity index (χ1n) is 20.7. The van der Waals surface area contributed by atoms with Crippen molar-refractivity contribution in [1.82, 2.24) is 0 Å². The van der Waals surface area contributed by atoms with Crippen molar-refractivity contribution < 1.29 is 49.0 Å². The average Bonchev–Trinajstić information content (AvgIpc) is 3.67. The number of halogens is 2. The van der Waals surface area contributed by atoms with Crippen molar-refractivity contribution in [1.29, 1.82) is 0 Å². The summed E-state index contributed by atoms with van der Waals surface area (Å²) in [7, 11) is 0. The molecule has 308 valence electrons. The zero-order chi connectivity index (χ0) is 41.9. The SMILES string of the molecule is CC(C)(C)c1cc2c([c-]c1-c1ccccc1)Cc1cc(-c3ccccc3)c(C(C)(C)C)cc1-2.Cc1c[c-](C)c(C)c1C.Cc1ccc([C](=[Zr+2])c2ccc(C)cc2)cc1.[Cl-].[Cl-]. The third-order valence-electron chi connectivity index (χ3n) is 11.7. The van der Waals surface area contributed by atoms with E-state index in [1.807, 2.05) is 0 Å². The van der Waals surface area contributed by atoms with Crippen LogP contribution in [-0.2, 0) is 41.5 Å². The van der Waals surface area contributed by atoms with Gasteiger partial charge in [0.05, 0.1) is 0 Å². The summed E-state index contributed by atoms with van der Waals surface area (Å²) in [5, 5.41) is 0. The molecule has 60 heavy (non-hydrogen) atoms. The van der Waals surface area contributed by atoms with Crippen LogP contribution in [0.3, 0.4) is 0 Å². The van der Waals surface area contributed by atoms with E-state index in [9.17, 15) is 0 Å². The van der Waals surface area contributed by atoms with Gasteiger partial charge in [0, 0.05) is 0 Å². The largest absolute Gasteiger partial charge is 1.00 e. The van der Waals surface area contributed by atoms with Crippen LogP contribution in [0.5, 0.6) is 0 Å². The predicted octanol–water partition coefficient (Wildman–Crippen LogP) is 9.05. The van der Waals surface area contributed by atoms with Gasteiger partial charge in [-0.2, -0.15) is 28.3 Å². The van der Waals surface area contributed by atoms with Crippen molar-refractivity contribution in [2.45, 2.75) is 100 Å². The van der Waals surface area contributed by atoms with E-state index in [1.165, 1.54) is 128 Å². The molecular weight excluding hydrogens is 847 g/mol. The summed E-state index contributed by atoms with van der Waals surface area (Å²) in [6, 6.07) is 52.6. The Morgan fingerprint density at radius 1 is 0.567 bits per heavy atom. The van der Waals surface area contributed by atoms with Crippen molar-refractivity contribution in [3.8, 4) is 33.4 Å². The second-order valence-corrected chi connectivity index (χ2v) is 19.5. The Bertz CT molecular complexity index is 2350. The van der Waals surface area contributed by atoms with Gasteiger partial charge in [0.2, 0.25) is 0 Å². The van der Waals surface area contributed by atoms with Crippen molar-refractivity contribution in [2.75, 3.05) is 0 Å². The molecule has 0 atom stereocenters. The van der Waals surface area contributed by atoms with Gasteiger partial charge in [0.25, 0.3) is 0 Å². The van der Waals surface area contributed by atoms with Crippen molar-refractivity contribution in [2.24, 2.45) is 0 Å². The Morgan fingerprint density at radius 2 is 1.03 bits per heavy atom. The molecule has 8 rings (SSSR count). The molecule has 0 aromatic heterocycles. The number of hydrogen-bond acceptors (Lipinski definition) is 0. The molecule has 0 aliphatic heterocycles. The molecule has 1 aliphatic rings. The zero-order valence-electron chi connectivity index (χ0n) is 37.7. The van der Waals surface area contributed by atoms with Gasteiger partial charge >= 0.3 is 112 Å². The van der Waals surface area contributed by atoms with E-state index in [2.05, 4.69) is 223 Å². The minimum atomic E-state index is 0. The third-order valence-corrected chi connectivity index (χ3v) is 13.1. The molecule has 0 fully saturated rings. The van der Waals surface area contributed by atoms with Crippen molar-refractivity contribution in [3.63, 3.8) is 0 Å². The summed E-state index contributed by atoms with van der Waals surface area (Å²) in [5.41, 5.74) is 24.6. The minimum absolute atomic E-state index is 0. The zero-order valence-corrected chi connectivity index (χ0v) is 41.6. The molecule has 0 unspecified atom stereocenters. The van der Waals surface area contributed by atoms with Gasteiger partial charge in [-0.15, -0.1) is 28.8 Å². The van der Waals surface area contributed by atoms with E-state index in [1.54, 1.807) is 0 Å². The standard InChI is InChI=1S/C33H33.C15H14.C9H13.2ClH.Zr/c1-32(2,3)30-20-26-24(18-28(30)22-13-9-7-10-14-22)17-25-19-29(23-15-11-8-12-16-23)31(21-27(25)26)33(4,5)6;1-12-3-7-14(8-4-12)11-15-9-5-13(2)6-10-15;1-6-5-7(2)9(4)8(6)3;;;/h7-16,18,20-21H,17H2,1-6H3;3-10H,1-2H3;5H,1-4H3;2*1H;/q-1;;-1;;;+2/p-2.